The Morgan fingerprint density at radius 2 is 2.06 bits per heavy atom. The van der Waals surface area contributed by atoms with Gasteiger partial charge in [-0.1, -0.05) is 18.5 Å². The third kappa shape index (κ3) is 2.87. The van der Waals surface area contributed by atoms with Gasteiger partial charge in [-0.25, -0.2) is 17.9 Å². The van der Waals surface area contributed by atoms with Gasteiger partial charge < -0.3 is 10.2 Å². The Morgan fingerprint density at radius 3 is 2.53 bits per heavy atom. The summed E-state index contributed by atoms with van der Waals surface area (Å²) in [4.78, 5) is 10.2. The number of rotatable bonds is 4. The smallest absolute Gasteiger partial charge is 0.339 e. The molecular formula is C9H10ClNO5S. The fraction of sp³-hybridized carbons (Fsp3) is 0.222. The predicted molar refractivity (Wildman–Crippen MR) is 60.9 cm³/mol. The number of aromatic hydroxyl groups is 1. The van der Waals surface area contributed by atoms with Crippen LogP contribution >= 0.6 is 11.6 Å². The van der Waals surface area contributed by atoms with E-state index in [0.29, 0.717) is 0 Å². The minimum atomic E-state index is -3.97. The zero-order valence-electron chi connectivity index (χ0n) is 8.77. The first-order chi connectivity index (χ1) is 7.79. The Hall–Kier alpha value is -1.31. The van der Waals surface area contributed by atoms with Crippen molar-refractivity contribution in [2.45, 2.75) is 11.8 Å². The van der Waals surface area contributed by atoms with Gasteiger partial charge in [0.05, 0.1) is 0 Å². The number of benzene rings is 1. The van der Waals surface area contributed by atoms with Crippen molar-refractivity contribution < 1.29 is 23.4 Å². The van der Waals surface area contributed by atoms with Crippen molar-refractivity contribution in [3.05, 3.63) is 22.7 Å². The van der Waals surface area contributed by atoms with Gasteiger partial charge in [-0.2, -0.15) is 0 Å². The summed E-state index contributed by atoms with van der Waals surface area (Å²) in [6.07, 6.45) is 0. The Kier molecular flexibility index (Phi) is 3.97. The van der Waals surface area contributed by atoms with Crippen LogP contribution in [-0.2, 0) is 10.0 Å². The van der Waals surface area contributed by atoms with Crippen molar-refractivity contribution in [3.8, 4) is 5.75 Å². The molecule has 0 spiro atoms. The Balaban J connectivity index is 3.50. The SMILES string of the molecule is CCNS(=O)(=O)c1cc(Cl)cc(C(=O)O)c1O. The first-order valence-corrected chi connectivity index (χ1v) is 6.41. The van der Waals surface area contributed by atoms with Crippen molar-refractivity contribution in [1.82, 2.24) is 4.72 Å². The molecular weight excluding hydrogens is 270 g/mol. The average Bonchev–Trinajstić information content (AvgIpc) is 2.20. The lowest BCUT2D eigenvalue weighted by atomic mass is 10.2. The molecule has 17 heavy (non-hydrogen) atoms. The van der Waals surface area contributed by atoms with Crippen molar-refractivity contribution in [3.63, 3.8) is 0 Å². The van der Waals surface area contributed by atoms with E-state index in [9.17, 15) is 18.3 Å². The number of carboxylic acid groups (broad SMARTS) is 1. The second-order valence-corrected chi connectivity index (χ2v) is 5.28. The number of phenols is 1. The van der Waals surface area contributed by atoms with Crippen LogP contribution in [0.5, 0.6) is 5.75 Å². The van der Waals surface area contributed by atoms with E-state index in [1.807, 2.05) is 0 Å². The number of hydrogen-bond acceptors (Lipinski definition) is 4. The number of sulfonamides is 1. The minimum absolute atomic E-state index is 0.0864. The maximum Gasteiger partial charge on any atom is 0.339 e. The lowest BCUT2D eigenvalue weighted by Crippen LogP contribution is -2.23. The third-order valence-corrected chi connectivity index (χ3v) is 3.67. The predicted octanol–water partition coefficient (Wildman–Crippen LogP) is 1.04. The van der Waals surface area contributed by atoms with Gasteiger partial charge in [0.15, 0.2) is 0 Å². The van der Waals surface area contributed by atoms with Crippen molar-refractivity contribution in [2.24, 2.45) is 0 Å². The highest BCUT2D eigenvalue weighted by Crippen LogP contribution is 2.30. The second-order valence-electron chi connectivity index (χ2n) is 3.11. The molecule has 0 unspecified atom stereocenters. The molecule has 94 valence electrons. The first kappa shape index (κ1) is 13.8. The van der Waals surface area contributed by atoms with Crippen molar-refractivity contribution in [1.29, 1.82) is 0 Å². The first-order valence-electron chi connectivity index (χ1n) is 4.55. The monoisotopic (exact) mass is 279 g/mol. The van der Waals surface area contributed by atoms with Crippen LogP contribution in [0.25, 0.3) is 0 Å². The third-order valence-electron chi connectivity index (χ3n) is 1.89. The molecule has 0 amide bonds. The molecule has 1 aromatic rings. The number of halogens is 1. The fourth-order valence-corrected chi connectivity index (χ4v) is 2.67. The van der Waals surface area contributed by atoms with Crippen LogP contribution in [0.3, 0.4) is 0 Å². The van der Waals surface area contributed by atoms with E-state index < -0.39 is 32.2 Å². The summed E-state index contributed by atoms with van der Waals surface area (Å²) in [5.41, 5.74) is -0.561. The van der Waals surface area contributed by atoms with E-state index in [4.69, 9.17) is 16.7 Å². The summed E-state index contributed by atoms with van der Waals surface area (Å²) in [6.45, 7) is 1.66. The number of hydrogen-bond donors (Lipinski definition) is 3. The summed E-state index contributed by atoms with van der Waals surface area (Å²) in [7, 11) is -3.97. The van der Waals surface area contributed by atoms with E-state index >= 15 is 0 Å². The Morgan fingerprint density at radius 1 is 1.47 bits per heavy atom. The van der Waals surface area contributed by atoms with Crippen LogP contribution in [-0.4, -0.2) is 31.1 Å². The lowest BCUT2D eigenvalue weighted by molar-refractivity contribution is 0.0693. The topological polar surface area (TPSA) is 104 Å². The molecule has 0 aromatic heterocycles. The van der Waals surface area contributed by atoms with Crippen LogP contribution in [0.2, 0.25) is 5.02 Å². The van der Waals surface area contributed by atoms with Crippen molar-refractivity contribution in [2.75, 3.05) is 6.54 Å². The highest BCUT2D eigenvalue weighted by molar-refractivity contribution is 7.89. The van der Waals surface area contributed by atoms with Crippen LogP contribution in [0, 0.1) is 0 Å². The summed E-state index contributed by atoms with van der Waals surface area (Å²) in [5, 5.41) is 18.3. The summed E-state index contributed by atoms with van der Waals surface area (Å²) < 4.78 is 25.4. The zero-order valence-corrected chi connectivity index (χ0v) is 10.3. The fourth-order valence-electron chi connectivity index (χ4n) is 1.21. The quantitative estimate of drug-likeness (QED) is 0.764. The van der Waals surface area contributed by atoms with E-state index in [1.54, 1.807) is 6.92 Å². The van der Waals surface area contributed by atoms with Gasteiger partial charge in [0.25, 0.3) is 0 Å². The molecule has 3 N–H and O–H groups in total. The number of carbonyl (C=O) groups is 1. The highest BCUT2D eigenvalue weighted by atomic mass is 35.5. The van der Waals surface area contributed by atoms with Gasteiger partial charge in [-0.05, 0) is 12.1 Å². The van der Waals surface area contributed by atoms with Gasteiger partial charge in [0, 0.05) is 11.6 Å². The lowest BCUT2D eigenvalue weighted by Gasteiger charge is -2.09. The normalized spacial score (nSPS) is 11.4. The highest BCUT2D eigenvalue weighted by Gasteiger charge is 2.23. The van der Waals surface area contributed by atoms with Crippen LogP contribution < -0.4 is 4.72 Å². The molecule has 0 atom stereocenters. The molecule has 0 heterocycles. The average molecular weight is 280 g/mol. The summed E-state index contributed by atoms with van der Waals surface area (Å²) >= 11 is 5.61. The van der Waals surface area contributed by atoms with Crippen LogP contribution in [0.4, 0.5) is 0 Å². The van der Waals surface area contributed by atoms with E-state index in [1.165, 1.54) is 0 Å². The minimum Gasteiger partial charge on any atom is -0.506 e. The van der Waals surface area contributed by atoms with Gasteiger partial charge in [-0.15, -0.1) is 0 Å². The van der Waals surface area contributed by atoms with Gasteiger partial charge >= 0.3 is 5.97 Å². The molecule has 0 aliphatic rings. The molecule has 6 nitrogen and oxygen atoms in total. The van der Waals surface area contributed by atoms with Gasteiger partial charge in [0.1, 0.15) is 16.2 Å². The molecule has 1 aromatic carbocycles. The summed E-state index contributed by atoms with van der Waals surface area (Å²) in [5.74, 6) is -2.29. The zero-order chi connectivity index (χ0) is 13.2. The number of nitrogens with one attached hydrogen (secondary N) is 1. The van der Waals surface area contributed by atoms with Crippen LogP contribution in [0.1, 0.15) is 17.3 Å². The largest absolute Gasteiger partial charge is 0.506 e. The molecule has 0 aliphatic heterocycles. The van der Waals surface area contributed by atoms with Crippen LogP contribution in [0.15, 0.2) is 17.0 Å². The summed E-state index contributed by atoms with van der Waals surface area (Å²) in [6, 6.07) is 1.96. The van der Waals surface area contributed by atoms with E-state index in [0.717, 1.165) is 12.1 Å². The Labute approximate surface area is 103 Å². The molecule has 0 bridgehead atoms. The molecule has 0 saturated heterocycles. The maximum atomic E-state index is 11.7. The molecule has 0 radical (unpaired) electrons. The Bertz CT molecular complexity index is 555. The number of aromatic carboxylic acids is 1. The van der Waals surface area contributed by atoms with E-state index in [2.05, 4.69) is 4.72 Å². The maximum absolute atomic E-state index is 11.7. The van der Waals surface area contributed by atoms with Crippen molar-refractivity contribution >= 4 is 27.6 Å². The standard InChI is InChI=1S/C9H10ClNO5S/c1-2-11-17(15,16)7-4-5(10)3-6(8(7)12)9(13)14/h3-4,11-12H,2H2,1H3,(H,13,14). The molecule has 1 rings (SSSR count). The second kappa shape index (κ2) is 4.91. The number of carboxylic acids is 1. The molecule has 0 aliphatic carbocycles. The molecule has 0 fully saturated rings. The van der Waals surface area contributed by atoms with E-state index in [-0.39, 0.29) is 11.6 Å². The molecule has 8 heteroatoms. The van der Waals surface area contributed by atoms with Gasteiger partial charge in [0.2, 0.25) is 10.0 Å². The van der Waals surface area contributed by atoms with Gasteiger partial charge in [-0.3, -0.25) is 0 Å². The molecule has 0 saturated carbocycles.